The van der Waals surface area contributed by atoms with E-state index in [1.807, 2.05) is 7.05 Å². The molecule has 2 aliphatic heterocycles. The zero-order chi connectivity index (χ0) is 18.4. The van der Waals surface area contributed by atoms with Crippen LogP contribution in [0.5, 0.6) is 0 Å². The fourth-order valence-electron chi connectivity index (χ4n) is 4.22. The molecule has 2 heterocycles. The van der Waals surface area contributed by atoms with Gasteiger partial charge in [-0.2, -0.15) is 0 Å². The average Bonchev–Trinajstić information content (AvgIpc) is 3.20. The van der Waals surface area contributed by atoms with Gasteiger partial charge in [-0.1, -0.05) is 29.8 Å². The highest BCUT2D eigenvalue weighted by Crippen LogP contribution is 2.30. The van der Waals surface area contributed by atoms with Gasteiger partial charge in [-0.05, 0) is 51.3 Å². The molecule has 3 rings (SSSR count). The number of likely N-dealkylation sites (tertiary alicyclic amines) is 1. The number of aryl methyl sites for hydroxylation is 1. The SMILES string of the molecule is CN=C(NCC1(N2CCCC2)CCOCC1)N(C)Cc1ccc(C)cc1.I. The molecule has 5 nitrogen and oxygen atoms in total. The lowest BCUT2D eigenvalue weighted by atomic mass is 9.88. The van der Waals surface area contributed by atoms with Crippen LogP contribution in [0.15, 0.2) is 29.3 Å². The van der Waals surface area contributed by atoms with Gasteiger partial charge < -0.3 is 15.0 Å². The predicted molar refractivity (Wildman–Crippen MR) is 123 cm³/mol. The molecular formula is C21H35IN4O. The Morgan fingerprint density at radius 1 is 1.19 bits per heavy atom. The number of halogens is 1. The lowest BCUT2D eigenvalue weighted by Gasteiger charge is -2.45. The number of nitrogens with zero attached hydrogens (tertiary/aromatic N) is 3. The van der Waals surface area contributed by atoms with E-state index in [0.29, 0.717) is 0 Å². The largest absolute Gasteiger partial charge is 0.381 e. The average molecular weight is 486 g/mol. The molecule has 0 aromatic heterocycles. The van der Waals surface area contributed by atoms with Crippen molar-refractivity contribution in [1.82, 2.24) is 15.1 Å². The summed E-state index contributed by atoms with van der Waals surface area (Å²) >= 11 is 0. The molecule has 1 aromatic rings. The van der Waals surface area contributed by atoms with Crippen molar-refractivity contribution in [3.8, 4) is 0 Å². The molecular weight excluding hydrogens is 451 g/mol. The van der Waals surface area contributed by atoms with Gasteiger partial charge in [-0.25, -0.2) is 0 Å². The van der Waals surface area contributed by atoms with E-state index in [9.17, 15) is 0 Å². The summed E-state index contributed by atoms with van der Waals surface area (Å²) < 4.78 is 5.66. The minimum absolute atomic E-state index is 0. The summed E-state index contributed by atoms with van der Waals surface area (Å²) in [7, 11) is 3.99. The summed E-state index contributed by atoms with van der Waals surface area (Å²) in [4.78, 5) is 9.43. The van der Waals surface area contributed by atoms with Crippen molar-refractivity contribution >= 4 is 29.9 Å². The molecule has 0 atom stereocenters. The van der Waals surface area contributed by atoms with E-state index < -0.39 is 0 Å². The van der Waals surface area contributed by atoms with E-state index in [4.69, 9.17) is 4.74 Å². The highest BCUT2D eigenvalue weighted by molar-refractivity contribution is 14.0. The fraction of sp³-hybridized carbons (Fsp3) is 0.667. The predicted octanol–water partition coefficient (Wildman–Crippen LogP) is 3.27. The molecule has 1 aromatic carbocycles. The van der Waals surface area contributed by atoms with E-state index in [1.54, 1.807) is 0 Å². The third-order valence-corrected chi connectivity index (χ3v) is 5.89. The maximum Gasteiger partial charge on any atom is 0.193 e. The molecule has 1 N–H and O–H groups in total. The van der Waals surface area contributed by atoms with Gasteiger partial charge in [0.1, 0.15) is 0 Å². The summed E-state index contributed by atoms with van der Waals surface area (Å²) in [6.07, 6.45) is 4.87. The summed E-state index contributed by atoms with van der Waals surface area (Å²) in [6.45, 7) is 8.12. The second-order valence-corrected chi connectivity index (χ2v) is 7.77. The van der Waals surface area contributed by atoms with Crippen molar-refractivity contribution in [3.63, 3.8) is 0 Å². The number of rotatable bonds is 5. The molecule has 0 radical (unpaired) electrons. The molecule has 0 aliphatic carbocycles. The Bertz CT molecular complexity index is 593. The second-order valence-electron chi connectivity index (χ2n) is 7.77. The van der Waals surface area contributed by atoms with Crippen LogP contribution < -0.4 is 5.32 Å². The summed E-state index contributed by atoms with van der Waals surface area (Å²) in [5.74, 6) is 0.968. The van der Waals surface area contributed by atoms with Crippen LogP contribution in [0.4, 0.5) is 0 Å². The Morgan fingerprint density at radius 3 is 2.41 bits per heavy atom. The monoisotopic (exact) mass is 486 g/mol. The van der Waals surface area contributed by atoms with Gasteiger partial charge in [0.25, 0.3) is 0 Å². The van der Waals surface area contributed by atoms with Crippen molar-refractivity contribution in [2.24, 2.45) is 4.99 Å². The van der Waals surface area contributed by atoms with Gasteiger partial charge in [0.15, 0.2) is 5.96 Å². The van der Waals surface area contributed by atoms with Crippen LogP contribution in [0.3, 0.4) is 0 Å². The van der Waals surface area contributed by atoms with Crippen LogP contribution in [0, 0.1) is 6.92 Å². The van der Waals surface area contributed by atoms with Crippen molar-refractivity contribution in [1.29, 1.82) is 0 Å². The highest BCUT2D eigenvalue weighted by atomic mass is 127. The Kier molecular flexibility index (Phi) is 8.82. The van der Waals surface area contributed by atoms with Crippen LogP contribution in [-0.4, -0.2) is 68.2 Å². The van der Waals surface area contributed by atoms with Gasteiger partial charge in [-0.3, -0.25) is 9.89 Å². The maximum atomic E-state index is 5.66. The van der Waals surface area contributed by atoms with Crippen LogP contribution in [-0.2, 0) is 11.3 Å². The van der Waals surface area contributed by atoms with E-state index in [0.717, 1.165) is 45.1 Å². The zero-order valence-corrected chi connectivity index (χ0v) is 19.4. The topological polar surface area (TPSA) is 40.1 Å². The van der Waals surface area contributed by atoms with E-state index in [1.165, 1.54) is 37.1 Å². The molecule has 2 saturated heterocycles. The first kappa shape index (κ1) is 22.4. The fourth-order valence-corrected chi connectivity index (χ4v) is 4.22. The minimum atomic E-state index is 0. The highest BCUT2D eigenvalue weighted by Gasteiger charge is 2.39. The van der Waals surface area contributed by atoms with E-state index in [-0.39, 0.29) is 29.5 Å². The number of nitrogens with one attached hydrogen (secondary N) is 1. The first-order valence-electron chi connectivity index (χ1n) is 9.93. The third-order valence-electron chi connectivity index (χ3n) is 5.89. The summed E-state index contributed by atoms with van der Waals surface area (Å²) in [5, 5.41) is 3.67. The van der Waals surface area contributed by atoms with Crippen LogP contribution in [0.25, 0.3) is 0 Å². The molecule has 6 heteroatoms. The Labute approximate surface area is 181 Å². The lowest BCUT2D eigenvalue weighted by Crippen LogP contribution is -2.58. The van der Waals surface area contributed by atoms with Crippen LogP contribution in [0.2, 0.25) is 0 Å². The number of hydrogen-bond acceptors (Lipinski definition) is 3. The van der Waals surface area contributed by atoms with Crippen molar-refractivity contribution < 1.29 is 4.74 Å². The Balaban J connectivity index is 0.00000261. The van der Waals surface area contributed by atoms with Gasteiger partial charge in [0.05, 0.1) is 0 Å². The summed E-state index contributed by atoms with van der Waals surface area (Å²) in [5.41, 5.74) is 2.82. The zero-order valence-electron chi connectivity index (χ0n) is 17.0. The van der Waals surface area contributed by atoms with Crippen molar-refractivity contribution in [2.75, 3.05) is 46.9 Å². The number of aliphatic imine (C=N–C) groups is 1. The van der Waals surface area contributed by atoms with Gasteiger partial charge in [-0.15, -0.1) is 24.0 Å². The molecule has 2 fully saturated rings. The van der Waals surface area contributed by atoms with E-state index >= 15 is 0 Å². The first-order valence-corrected chi connectivity index (χ1v) is 9.93. The standard InChI is InChI=1S/C21H34N4O.HI/c1-18-6-8-19(9-7-18)16-24(3)20(22-2)23-17-21(10-14-26-15-11-21)25-12-4-5-13-25;/h6-9H,4-5,10-17H2,1-3H3,(H,22,23);1H. The molecule has 0 spiro atoms. The quantitative estimate of drug-likeness (QED) is 0.394. The number of ether oxygens (including phenoxy) is 1. The maximum absolute atomic E-state index is 5.66. The molecule has 152 valence electrons. The normalized spacial score (nSPS) is 20.2. The second kappa shape index (κ2) is 10.6. The number of guanidine groups is 1. The van der Waals surface area contributed by atoms with Gasteiger partial charge >= 0.3 is 0 Å². The van der Waals surface area contributed by atoms with Gasteiger partial charge in [0.2, 0.25) is 0 Å². The third kappa shape index (κ3) is 5.81. The minimum Gasteiger partial charge on any atom is -0.381 e. The molecule has 0 amide bonds. The van der Waals surface area contributed by atoms with Crippen molar-refractivity contribution in [3.05, 3.63) is 35.4 Å². The molecule has 0 unspecified atom stereocenters. The number of benzene rings is 1. The van der Waals surface area contributed by atoms with Crippen molar-refractivity contribution in [2.45, 2.75) is 44.7 Å². The summed E-state index contributed by atoms with van der Waals surface area (Å²) in [6, 6.07) is 8.74. The smallest absolute Gasteiger partial charge is 0.193 e. The molecule has 2 aliphatic rings. The van der Waals surface area contributed by atoms with E-state index in [2.05, 4.69) is 58.3 Å². The van der Waals surface area contributed by atoms with Crippen LogP contribution >= 0.6 is 24.0 Å². The van der Waals surface area contributed by atoms with Gasteiger partial charge in [0, 0.05) is 45.9 Å². The molecule has 27 heavy (non-hydrogen) atoms. The van der Waals surface area contributed by atoms with Crippen LogP contribution in [0.1, 0.15) is 36.8 Å². The first-order chi connectivity index (χ1) is 12.6. The number of hydrogen-bond donors (Lipinski definition) is 1. The Morgan fingerprint density at radius 2 is 1.81 bits per heavy atom. The molecule has 0 bridgehead atoms. The Hall–Kier alpha value is -0.860. The lowest BCUT2D eigenvalue weighted by molar-refractivity contribution is -0.0166. The molecule has 0 saturated carbocycles.